The van der Waals surface area contributed by atoms with Gasteiger partial charge in [-0.3, -0.25) is 9.59 Å². The van der Waals surface area contributed by atoms with Crippen LogP contribution in [0.2, 0.25) is 0 Å². The molecule has 3 aliphatic carbocycles. The van der Waals surface area contributed by atoms with Gasteiger partial charge >= 0.3 is 0 Å². The van der Waals surface area contributed by atoms with Crippen molar-refractivity contribution in [1.29, 1.82) is 0 Å². The van der Waals surface area contributed by atoms with E-state index in [-0.39, 0.29) is 23.2 Å². The largest absolute Gasteiger partial charge is 0.299 e. The number of hydrogen-bond donors (Lipinski definition) is 0. The van der Waals surface area contributed by atoms with Crippen LogP contribution in [0, 0.1) is 35.0 Å². The number of rotatable bonds is 0. The van der Waals surface area contributed by atoms with E-state index in [1.54, 1.807) is 0 Å². The molecule has 0 N–H and O–H groups in total. The minimum atomic E-state index is -0.353. The lowest BCUT2D eigenvalue weighted by atomic mass is 9.77. The zero-order chi connectivity index (χ0) is 9.54. The fraction of sp³-hybridized carbons (Fsp3) is 0.818. The van der Waals surface area contributed by atoms with E-state index in [2.05, 4.69) is 0 Å². The molecule has 0 aromatic carbocycles. The van der Waals surface area contributed by atoms with Crippen LogP contribution in [0.3, 0.4) is 0 Å². The number of carbonyl (C=O) groups excluding carboxylic acids is 2. The van der Waals surface area contributed by atoms with Crippen LogP contribution in [-0.4, -0.2) is 11.6 Å². The molecule has 0 aromatic rings. The average Bonchev–Trinajstić information content (AvgIpc) is 2.64. The molecule has 0 aliphatic heterocycles. The second-order valence-electron chi connectivity index (χ2n) is 5.44. The summed E-state index contributed by atoms with van der Waals surface area (Å²) in [5.41, 5.74) is -0.353. The highest BCUT2D eigenvalue weighted by atomic mass is 16.1. The number of fused-ring (bicyclic) bond motifs is 1. The molecule has 0 bridgehead atoms. The lowest BCUT2D eigenvalue weighted by Gasteiger charge is -2.23. The smallest absolute Gasteiger partial charge is 0.142 e. The van der Waals surface area contributed by atoms with Crippen molar-refractivity contribution in [3.05, 3.63) is 0 Å². The first-order chi connectivity index (χ1) is 5.98. The third kappa shape index (κ3) is 0.579. The molecule has 2 heteroatoms. The van der Waals surface area contributed by atoms with Gasteiger partial charge in [-0.2, -0.15) is 0 Å². The molecule has 3 aliphatic rings. The lowest BCUT2D eigenvalue weighted by Crippen LogP contribution is -2.31. The Kier molecular flexibility index (Phi) is 1.04. The second-order valence-corrected chi connectivity index (χ2v) is 5.44. The van der Waals surface area contributed by atoms with E-state index in [4.69, 9.17) is 0 Å². The molecule has 0 spiro atoms. The van der Waals surface area contributed by atoms with Gasteiger partial charge in [0.1, 0.15) is 11.6 Å². The van der Waals surface area contributed by atoms with Gasteiger partial charge in [-0.15, -0.1) is 0 Å². The van der Waals surface area contributed by atoms with Gasteiger partial charge in [0.25, 0.3) is 0 Å². The van der Waals surface area contributed by atoms with E-state index in [0.29, 0.717) is 23.4 Å². The van der Waals surface area contributed by atoms with Gasteiger partial charge in [-0.05, 0) is 11.8 Å². The highest BCUT2D eigenvalue weighted by Gasteiger charge is 2.78. The molecule has 5 atom stereocenters. The lowest BCUT2D eigenvalue weighted by molar-refractivity contribution is -0.132. The van der Waals surface area contributed by atoms with Crippen molar-refractivity contribution in [3.63, 3.8) is 0 Å². The average molecular weight is 178 g/mol. The minimum absolute atomic E-state index is 0.0602. The molecule has 0 amide bonds. The monoisotopic (exact) mass is 178 g/mol. The Morgan fingerprint density at radius 2 is 1.77 bits per heavy atom. The third-order valence-electron chi connectivity index (χ3n) is 4.57. The van der Waals surface area contributed by atoms with Crippen molar-refractivity contribution >= 4 is 11.6 Å². The topological polar surface area (TPSA) is 34.1 Å². The summed E-state index contributed by atoms with van der Waals surface area (Å²) in [4.78, 5) is 23.7. The molecular weight excluding hydrogens is 164 g/mol. The molecule has 3 saturated carbocycles. The Labute approximate surface area is 77.7 Å². The quantitative estimate of drug-likeness (QED) is 0.560. The van der Waals surface area contributed by atoms with Gasteiger partial charge in [-0.25, -0.2) is 0 Å². The first-order valence-electron chi connectivity index (χ1n) is 5.06. The van der Waals surface area contributed by atoms with E-state index in [0.717, 1.165) is 0 Å². The summed E-state index contributed by atoms with van der Waals surface area (Å²) in [6, 6.07) is 0. The number of Topliss-reactive ketones (excluding diaryl/α,β-unsaturated/α-hetero) is 2. The molecule has 0 saturated heterocycles. The van der Waals surface area contributed by atoms with Crippen LogP contribution in [0.25, 0.3) is 0 Å². The van der Waals surface area contributed by atoms with Crippen LogP contribution in [0.5, 0.6) is 0 Å². The summed E-state index contributed by atoms with van der Waals surface area (Å²) in [5, 5.41) is 0. The summed E-state index contributed by atoms with van der Waals surface area (Å²) in [6.45, 7) is 5.88. The van der Waals surface area contributed by atoms with Gasteiger partial charge < -0.3 is 0 Å². The van der Waals surface area contributed by atoms with Crippen LogP contribution in [-0.2, 0) is 9.59 Å². The van der Waals surface area contributed by atoms with E-state index in [1.807, 2.05) is 20.8 Å². The maximum absolute atomic E-state index is 11.9. The van der Waals surface area contributed by atoms with Gasteiger partial charge in [0.2, 0.25) is 0 Å². The third-order valence-corrected chi connectivity index (χ3v) is 4.57. The molecule has 3 rings (SSSR count). The van der Waals surface area contributed by atoms with Crippen molar-refractivity contribution in [2.24, 2.45) is 35.0 Å². The molecule has 3 fully saturated rings. The van der Waals surface area contributed by atoms with E-state index < -0.39 is 0 Å². The minimum Gasteiger partial charge on any atom is -0.299 e. The fourth-order valence-corrected chi connectivity index (χ4v) is 3.86. The van der Waals surface area contributed by atoms with Crippen LogP contribution in [0.1, 0.15) is 20.8 Å². The maximum atomic E-state index is 11.9. The van der Waals surface area contributed by atoms with E-state index >= 15 is 0 Å². The zero-order valence-corrected chi connectivity index (χ0v) is 8.20. The molecule has 0 radical (unpaired) electrons. The van der Waals surface area contributed by atoms with Crippen molar-refractivity contribution < 1.29 is 9.59 Å². The number of hydrogen-bond acceptors (Lipinski definition) is 2. The predicted octanol–water partition coefficient (Wildman–Crippen LogP) is 1.29. The molecular formula is C11H14O2. The highest BCUT2D eigenvalue weighted by molar-refractivity contribution is 6.05. The highest BCUT2D eigenvalue weighted by Crippen LogP contribution is 2.72. The molecule has 0 heterocycles. The van der Waals surface area contributed by atoms with Crippen molar-refractivity contribution in [3.8, 4) is 0 Å². The SMILES string of the molecule is CC1C(=O)[C@@H]2[C@H]3C(C(=O)C2(C)C)C13. The fourth-order valence-electron chi connectivity index (χ4n) is 3.86. The zero-order valence-electron chi connectivity index (χ0n) is 8.20. The van der Waals surface area contributed by atoms with Crippen molar-refractivity contribution in [1.82, 2.24) is 0 Å². The Morgan fingerprint density at radius 3 is 2.31 bits per heavy atom. The Hall–Kier alpha value is -0.660. The first-order valence-corrected chi connectivity index (χ1v) is 5.06. The normalized spacial score (nSPS) is 55.5. The van der Waals surface area contributed by atoms with Crippen LogP contribution >= 0.6 is 0 Å². The van der Waals surface area contributed by atoms with Crippen LogP contribution in [0.15, 0.2) is 0 Å². The summed E-state index contributed by atoms with van der Waals surface area (Å²) in [7, 11) is 0. The predicted molar refractivity (Wildman–Crippen MR) is 46.9 cm³/mol. The molecule has 2 nitrogen and oxygen atoms in total. The van der Waals surface area contributed by atoms with E-state index in [1.165, 1.54) is 0 Å². The molecule has 70 valence electrons. The van der Waals surface area contributed by atoms with E-state index in [9.17, 15) is 9.59 Å². The first kappa shape index (κ1) is 7.72. The molecule has 13 heavy (non-hydrogen) atoms. The Morgan fingerprint density at radius 1 is 1.15 bits per heavy atom. The van der Waals surface area contributed by atoms with Crippen molar-refractivity contribution in [2.45, 2.75) is 20.8 Å². The van der Waals surface area contributed by atoms with Gasteiger partial charge in [0.15, 0.2) is 0 Å². The van der Waals surface area contributed by atoms with Crippen LogP contribution < -0.4 is 0 Å². The summed E-state index contributed by atoms with van der Waals surface area (Å²) >= 11 is 0. The summed E-state index contributed by atoms with van der Waals surface area (Å²) < 4.78 is 0. The van der Waals surface area contributed by atoms with Gasteiger partial charge in [-0.1, -0.05) is 20.8 Å². The molecule has 3 unspecified atom stereocenters. The second kappa shape index (κ2) is 1.75. The Bertz CT molecular complexity index is 329. The van der Waals surface area contributed by atoms with Gasteiger partial charge in [0.05, 0.1) is 0 Å². The Balaban J connectivity index is 2.12. The summed E-state index contributed by atoms with van der Waals surface area (Å²) in [6.07, 6.45) is 0. The van der Waals surface area contributed by atoms with Crippen molar-refractivity contribution in [2.75, 3.05) is 0 Å². The number of carbonyl (C=O) groups is 2. The standard InChI is InChI=1S/C11H14O2/c1-4-5-6-7(5)10(13)11(2,3)8(6)9(4)12/h4-8H,1-3H3/t4?,5?,6-,7?,8+/m1/s1. The summed E-state index contributed by atoms with van der Waals surface area (Å²) in [5.74, 6) is 2.04. The van der Waals surface area contributed by atoms with Crippen LogP contribution in [0.4, 0.5) is 0 Å². The molecule has 0 aromatic heterocycles. The number of ketones is 2. The van der Waals surface area contributed by atoms with Gasteiger partial charge in [0, 0.05) is 23.2 Å². The maximum Gasteiger partial charge on any atom is 0.142 e.